The summed E-state index contributed by atoms with van der Waals surface area (Å²) in [5, 5.41) is 3.75. The van der Waals surface area contributed by atoms with E-state index >= 15 is 0 Å². The summed E-state index contributed by atoms with van der Waals surface area (Å²) in [4.78, 5) is 22.0. The predicted octanol–water partition coefficient (Wildman–Crippen LogP) is 2.18. The number of aromatic nitrogens is 2. The summed E-state index contributed by atoms with van der Waals surface area (Å²) in [5.41, 5.74) is 1.04. The molecular weight excluding hydrogens is 272 g/mol. The molecule has 0 saturated heterocycles. The van der Waals surface area contributed by atoms with Crippen molar-refractivity contribution in [2.45, 2.75) is 31.1 Å². The normalized spacial score (nSPS) is 22.8. The lowest BCUT2D eigenvalue weighted by Gasteiger charge is -2.36. The van der Waals surface area contributed by atoms with Crippen LogP contribution in [0.25, 0.3) is 0 Å². The van der Waals surface area contributed by atoms with Crippen molar-refractivity contribution < 1.29 is 4.79 Å². The Morgan fingerprint density at radius 3 is 2.75 bits per heavy atom. The molecule has 1 aliphatic carbocycles. The lowest BCUT2D eigenvalue weighted by atomic mass is 9.79. The summed E-state index contributed by atoms with van der Waals surface area (Å²) in [6.45, 7) is 2.13. The Hall–Kier alpha value is -1.30. The quantitative estimate of drug-likeness (QED) is 0.902. The van der Waals surface area contributed by atoms with Gasteiger partial charge in [-0.25, -0.2) is 9.97 Å². The Morgan fingerprint density at radius 1 is 1.45 bits per heavy atom. The van der Waals surface area contributed by atoms with Crippen molar-refractivity contribution in [1.29, 1.82) is 0 Å². The van der Waals surface area contributed by atoms with Crippen LogP contribution in [0.15, 0.2) is 12.4 Å². The second-order valence-electron chi connectivity index (χ2n) is 5.45. The molecule has 0 aliphatic heterocycles. The van der Waals surface area contributed by atoms with Crippen molar-refractivity contribution in [3.63, 3.8) is 0 Å². The molecule has 110 valence electrons. The Kier molecular flexibility index (Phi) is 4.86. The molecule has 1 aliphatic rings. The molecular formula is C14H22N4OS. The van der Waals surface area contributed by atoms with Crippen LogP contribution >= 0.6 is 11.8 Å². The first-order valence-corrected chi connectivity index (χ1v) is 8.12. The average Bonchev–Trinajstić information content (AvgIpc) is 2.41. The number of carbonyl (C=O) groups excluding carboxylic acids is 1. The second-order valence-corrected chi connectivity index (χ2v) is 6.63. The van der Waals surface area contributed by atoms with E-state index in [9.17, 15) is 4.79 Å². The van der Waals surface area contributed by atoms with Crippen LogP contribution in [0.5, 0.6) is 0 Å². The largest absolute Gasteiger partial charge is 0.367 e. The van der Waals surface area contributed by atoms with Crippen molar-refractivity contribution >= 4 is 23.5 Å². The molecule has 0 bridgehead atoms. The summed E-state index contributed by atoms with van der Waals surface area (Å²) < 4.78 is 0. The number of carbonyl (C=O) groups is 1. The smallest absolute Gasteiger partial charge is 0.225 e. The van der Waals surface area contributed by atoms with Crippen molar-refractivity contribution in [3.05, 3.63) is 18.1 Å². The third kappa shape index (κ3) is 3.42. The highest BCUT2D eigenvalue weighted by molar-refractivity contribution is 7.98. The molecule has 1 saturated carbocycles. The minimum atomic E-state index is 0.161. The van der Waals surface area contributed by atoms with Gasteiger partial charge in [-0.05, 0) is 26.0 Å². The van der Waals surface area contributed by atoms with Crippen LogP contribution in [0, 0.1) is 5.92 Å². The fourth-order valence-corrected chi connectivity index (χ4v) is 2.68. The van der Waals surface area contributed by atoms with Crippen molar-refractivity contribution in [2.24, 2.45) is 5.92 Å². The predicted molar refractivity (Wildman–Crippen MR) is 82.8 cm³/mol. The first-order valence-electron chi connectivity index (χ1n) is 6.83. The molecule has 1 aromatic heterocycles. The van der Waals surface area contributed by atoms with Crippen molar-refractivity contribution in [2.75, 3.05) is 25.7 Å². The molecule has 1 unspecified atom stereocenters. The van der Waals surface area contributed by atoms with Gasteiger partial charge in [-0.3, -0.25) is 4.79 Å². The highest BCUT2D eigenvalue weighted by Gasteiger charge is 2.35. The summed E-state index contributed by atoms with van der Waals surface area (Å²) in [6.07, 6.45) is 5.44. The van der Waals surface area contributed by atoms with Gasteiger partial charge in [-0.15, -0.1) is 0 Å². The molecule has 0 aromatic carbocycles. The Morgan fingerprint density at radius 2 is 2.15 bits per heavy atom. The van der Waals surface area contributed by atoms with Gasteiger partial charge in [-0.2, -0.15) is 11.8 Å². The van der Waals surface area contributed by atoms with E-state index in [1.165, 1.54) is 0 Å². The van der Waals surface area contributed by atoms with Crippen LogP contribution in [0.1, 0.15) is 30.7 Å². The van der Waals surface area contributed by atoms with Gasteiger partial charge in [0.15, 0.2) is 0 Å². The van der Waals surface area contributed by atoms with Crippen LogP contribution < -0.4 is 5.32 Å². The molecule has 1 atom stereocenters. The number of anilines is 1. The number of amides is 1. The summed E-state index contributed by atoms with van der Waals surface area (Å²) in [7, 11) is 3.62. The topological polar surface area (TPSA) is 58.1 Å². The number of thioether (sulfide) groups is 1. The fraction of sp³-hybridized carbons (Fsp3) is 0.643. The van der Waals surface area contributed by atoms with Gasteiger partial charge >= 0.3 is 0 Å². The molecule has 1 amide bonds. The van der Waals surface area contributed by atoms with E-state index < -0.39 is 0 Å². The zero-order valence-corrected chi connectivity index (χ0v) is 13.3. The summed E-state index contributed by atoms with van der Waals surface area (Å²) >= 11 is 1.76. The number of hydrogen-bond donors (Lipinski definition) is 1. The SMILES string of the molecule is CSC(C)c1cc(NC2CC(C(=O)N(C)C)C2)ncn1. The van der Waals surface area contributed by atoms with Crippen molar-refractivity contribution in [1.82, 2.24) is 14.9 Å². The number of nitrogens with zero attached hydrogens (tertiary/aromatic N) is 3. The fourth-order valence-electron chi connectivity index (χ4n) is 2.31. The van der Waals surface area contributed by atoms with Crippen LogP contribution in [0.2, 0.25) is 0 Å². The molecule has 6 heteroatoms. The standard InChI is InChI=1S/C14H22N4OS/c1-9(20-4)12-7-13(16-8-15-12)17-11-5-10(6-11)14(19)18(2)3/h7-11H,5-6H2,1-4H3,(H,15,16,17). The van der Waals surface area contributed by atoms with Gasteiger partial charge in [0, 0.05) is 37.4 Å². The van der Waals surface area contributed by atoms with Crippen molar-refractivity contribution in [3.8, 4) is 0 Å². The lowest BCUT2D eigenvalue weighted by Crippen LogP contribution is -2.44. The molecule has 0 radical (unpaired) electrons. The molecule has 1 heterocycles. The maximum absolute atomic E-state index is 11.8. The van der Waals surface area contributed by atoms with E-state index in [1.54, 1.807) is 23.0 Å². The number of nitrogens with one attached hydrogen (secondary N) is 1. The van der Waals surface area contributed by atoms with E-state index in [1.807, 2.05) is 20.2 Å². The molecule has 0 spiro atoms. The second kappa shape index (κ2) is 6.43. The lowest BCUT2D eigenvalue weighted by molar-refractivity contribution is -0.135. The third-order valence-electron chi connectivity index (χ3n) is 3.74. The van der Waals surface area contributed by atoms with E-state index in [0.29, 0.717) is 11.3 Å². The first kappa shape index (κ1) is 15.1. The zero-order valence-electron chi connectivity index (χ0n) is 12.5. The van der Waals surface area contributed by atoms with Gasteiger partial charge in [0.1, 0.15) is 12.1 Å². The first-order chi connectivity index (χ1) is 9.51. The Labute approximate surface area is 124 Å². The van der Waals surface area contributed by atoms with Crippen LogP contribution in [-0.2, 0) is 4.79 Å². The summed E-state index contributed by atoms with van der Waals surface area (Å²) in [5.74, 6) is 1.24. The highest BCUT2D eigenvalue weighted by Crippen LogP contribution is 2.31. The van der Waals surface area contributed by atoms with E-state index in [2.05, 4.69) is 28.5 Å². The van der Waals surface area contributed by atoms with Gasteiger partial charge in [0.25, 0.3) is 0 Å². The van der Waals surface area contributed by atoms with Gasteiger partial charge in [-0.1, -0.05) is 0 Å². The minimum Gasteiger partial charge on any atom is -0.367 e. The third-order valence-corrected chi connectivity index (χ3v) is 4.69. The maximum Gasteiger partial charge on any atom is 0.225 e. The minimum absolute atomic E-state index is 0.161. The molecule has 1 aromatic rings. The molecule has 1 N–H and O–H groups in total. The molecule has 2 rings (SSSR count). The monoisotopic (exact) mass is 294 g/mol. The Bertz CT molecular complexity index is 474. The van der Waals surface area contributed by atoms with Crippen LogP contribution in [0.4, 0.5) is 5.82 Å². The number of rotatable bonds is 5. The average molecular weight is 294 g/mol. The molecule has 5 nitrogen and oxygen atoms in total. The van der Waals surface area contributed by atoms with Gasteiger partial charge < -0.3 is 10.2 Å². The van der Waals surface area contributed by atoms with Crippen LogP contribution in [0.3, 0.4) is 0 Å². The zero-order chi connectivity index (χ0) is 14.7. The van der Waals surface area contributed by atoms with Gasteiger partial charge in [0.05, 0.1) is 5.69 Å². The van der Waals surface area contributed by atoms with E-state index in [-0.39, 0.29) is 11.8 Å². The Balaban J connectivity index is 1.88. The highest BCUT2D eigenvalue weighted by atomic mass is 32.2. The molecule has 1 fully saturated rings. The van der Waals surface area contributed by atoms with E-state index in [0.717, 1.165) is 24.4 Å². The van der Waals surface area contributed by atoms with Gasteiger partial charge in [0.2, 0.25) is 5.91 Å². The van der Waals surface area contributed by atoms with E-state index in [4.69, 9.17) is 0 Å². The maximum atomic E-state index is 11.8. The number of hydrogen-bond acceptors (Lipinski definition) is 5. The summed E-state index contributed by atoms with van der Waals surface area (Å²) in [6, 6.07) is 2.35. The molecule has 20 heavy (non-hydrogen) atoms. The van der Waals surface area contributed by atoms with Crippen LogP contribution in [-0.4, -0.2) is 47.2 Å².